The maximum atomic E-state index is 15.4. The molecular formula is C66H58BrCl3F4N18O9S6. The van der Waals surface area contributed by atoms with E-state index in [4.69, 9.17) is 73.8 Å². The van der Waals surface area contributed by atoms with Crippen LogP contribution in [-0.4, -0.2) is 135 Å². The summed E-state index contributed by atoms with van der Waals surface area (Å²) in [4.78, 5) is 115. The minimum atomic E-state index is -1.52. The number of hydrogen-bond acceptors (Lipinski definition) is 20. The Morgan fingerprint density at radius 2 is 1.08 bits per heavy atom. The van der Waals surface area contributed by atoms with Crippen LogP contribution in [0.25, 0.3) is 32.8 Å². The molecule has 0 spiro atoms. The lowest BCUT2D eigenvalue weighted by Gasteiger charge is -2.24. The number of benzene rings is 7. The van der Waals surface area contributed by atoms with E-state index < -0.39 is 113 Å². The van der Waals surface area contributed by atoms with Crippen LogP contribution in [0.3, 0.4) is 0 Å². The topological polar surface area (TPSA) is 430 Å². The van der Waals surface area contributed by atoms with E-state index in [2.05, 4.69) is 102 Å². The Morgan fingerprint density at radius 1 is 0.645 bits per heavy atom. The van der Waals surface area contributed by atoms with Gasteiger partial charge in [0.2, 0.25) is 29.6 Å². The molecule has 0 aliphatic carbocycles. The van der Waals surface area contributed by atoms with Crippen molar-refractivity contribution in [1.82, 2.24) is 39.3 Å². The molecule has 4 atom stereocenters. The SMILES string of the molecule is N#CBr.NC(=O)c1nn(CC(=O)N2C[C@H](F)C[C@H]2C(=O)Nc2cccc(C(=O)Nc3nc4c(Cl)cccc4[nH]3)c2F)c2ccccc12.NC(=O)c1nn(CC(=O)N2C[C@H](F)C[C@H]2C(=O)Nc2cccc(C(=O)O)c2F)c2ccccc12.NC1=Nc2cccc(Cl)c2C1.Nc1cccc(Cl)c1N.S.S=S.S=S=S. The number of para-hydroxylation sites is 4. The maximum Gasteiger partial charge on any atom is 0.338 e. The van der Waals surface area contributed by atoms with Crippen LogP contribution in [0.5, 0.6) is 0 Å². The minimum absolute atomic E-state index is 0. The Morgan fingerprint density at radius 3 is 1.54 bits per heavy atom. The van der Waals surface area contributed by atoms with E-state index in [1.807, 2.05) is 18.2 Å². The number of nitrogens with two attached hydrogens (primary N) is 5. The number of amidine groups is 1. The number of carboxylic acids is 1. The fourth-order valence-electron chi connectivity index (χ4n) is 10.9. The largest absolute Gasteiger partial charge is 0.478 e. The predicted molar refractivity (Wildman–Crippen MR) is 421 cm³/mol. The van der Waals surface area contributed by atoms with Gasteiger partial charge in [-0.1, -0.05) is 102 Å². The van der Waals surface area contributed by atoms with Crippen molar-refractivity contribution in [2.45, 2.75) is 56.8 Å². The van der Waals surface area contributed by atoms with Crippen LogP contribution in [0.4, 0.5) is 51.9 Å². The molecule has 10 aromatic rings. The number of nitrogens with zero attached hydrogens (tertiary/aromatic N) is 9. The number of rotatable bonds is 13. The minimum Gasteiger partial charge on any atom is -0.478 e. The fraction of sp³-hybridized carbons (Fsp3) is 0.167. The molecule has 0 saturated carbocycles. The number of imidazole rings is 1. The summed E-state index contributed by atoms with van der Waals surface area (Å²) in [5.74, 6) is -8.44. The molecule has 3 aliphatic rings. The van der Waals surface area contributed by atoms with Gasteiger partial charge < -0.3 is 59.2 Å². The molecular weight excluding hydrogens is 1640 g/mol. The molecule has 3 aliphatic heterocycles. The van der Waals surface area contributed by atoms with E-state index in [0.29, 0.717) is 66.5 Å². The number of aromatic nitrogens is 6. The molecule has 2 fully saturated rings. The van der Waals surface area contributed by atoms with Gasteiger partial charge in [-0.25, -0.2) is 32.3 Å². The highest BCUT2D eigenvalue weighted by atomic mass is 79.9. The first-order valence-electron chi connectivity index (χ1n) is 30.3. The average molecular weight is 1700 g/mol. The van der Waals surface area contributed by atoms with Crippen LogP contribution in [0.2, 0.25) is 15.1 Å². The van der Waals surface area contributed by atoms with E-state index >= 15 is 4.39 Å². The molecule has 2 saturated heterocycles. The summed E-state index contributed by atoms with van der Waals surface area (Å²) in [6.07, 6.45) is -2.95. The van der Waals surface area contributed by atoms with Gasteiger partial charge >= 0.3 is 5.97 Å². The van der Waals surface area contributed by atoms with Gasteiger partial charge in [-0.3, -0.25) is 48.2 Å². The van der Waals surface area contributed by atoms with Crippen LogP contribution in [0.15, 0.2) is 145 Å². The zero-order chi connectivity index (χ0) is 77.8. The number of nitrogens with one attached hydrogen (secondary N) is 4. The standard InChI is InChI=1S/C29H23ClF2N8O4.C22H19F2N5O5.C8H7ClN2.C6H7ClN2.CBrN.S3.S2.H2S/c30-17-7-4-9-19-25(17)36-29(35-19)37-27(43)16-6-3-8-18(23(16)32)34-28(44)21-11-14(31)12-39(21)22(41)13-40-20-10-2-1-5-15(20)24(38-40)26(33)42;23-11-8-16(21(32)26-14-6-3-5-13(18(14)24)22(33)34)28(9-11)17(30)10-29-15-7-2-1-4-12(15)19(27-29)20(25)31;9-6-2-1-3-7-5(6)4-8(10)11-7;7-4-2-1-3-5(8)6(4)9;2-1-3;1-3-2;1-2;/h1-10,14,21H,11-13H2,(H2,33,42)(H,34,44)(H2,35,36,37,43);1-7,11,16H,8-10H2,(H2,25,31)(H,26,32)(H,33,34);1-3H,4H2,(H2,10,11);1-3H,8-9H2;;;;1H2/t14-,21+;11-,16+;;;;;;/m11....../s1. The predicted octanol–water partition coefficient (Wildman–Crippen LogP) is 9.54. The quantitative estimate of drug-likeness (QED) is 0.0379. The molecule has 107 heavy (non-hydrogen) atoms. The summed E-state index contributed by atoms with van der Waals surface area (Å²) < 4.78 is 61.1. The van der Waals surface area contributed by atoms with Crippen molar-refractivity contribution in [1.29, 1.82) is 5.26 Å². The van der Waals surface area contributed by atoms with Crippen molar-refractivity contribution >= 4 is 238 Å². The highest BCUT2D eigenvalue weighted by Gasteiger charge is 2.42. The van der Waals surface area contributed by atoms with Gasteiger partial charge in [0.05, 0.1) is 79.2 Å². The second-order valence-electron chi connectivity index (χ2n) is 22.3. The first kappa shape index (κ1) is 85.7. The number of hydrogen-bond donors (Lipinski definition) is 10. The molecule has 27 nitrogen and oxygen atoms in total. The van der Waals surface area contributed by atoms with Crippen molar-refractivity contribution in [3.8, 4) is 4.98 Å². The van der Waals surface area contributed by atoms with Crippen LogP contribution in [-0.2, 0) is 92.3 Å². The highest BCUT2D eigenvalue weighted by molar-refractivity contribution is 9.12. The number of nitrogen functional groups attached to an aromatic ring is 2. The third-order valence-electron chi connectivity index (χ3n) is 15.6. The van der Waals surface area contributed by atoms with Gasteiger partial charge in [-0.2, -0.15) is 29.0 Å². The Labute approximate surface area is 657 Å². The monoisotopic (exact) mass is 1700 g/mol. The molecule has 3 aromatic heterocycles. The zero-order valence-electron chi connectivity index (χ0n) is 54.7. The number of fused-ring (bicyclic) bond motifs is 4. The summed E-state index contributed by atoms with van der Waals surface area (Å²) in [5.41, 5.74) is 30.2. The Balaban J connectivity index is 0.000000248. The van der Waals surface area contributed by atoms with Gasteiger partial charge in [-0.05, 0) is 72.8 Å². The van der Waals surface area contributed by atoms with Crippen molar-refractivity contribution < 1.29 is 61.0 Å². The molecule has 41 heteroatoms. The molecule has 6 heterocycles. The van der Waals surface area contributed by atoms with Gasteiger partial charge in [0.1, 0.15) is 53.8 Å². The van der Waals surface area contributed by atoms with Crippen LogP contribution in [0.1, 0.15) is 60.1 Å². The number of carboxylic acid groups (broad SMARTS) is 1. The highest BCUT2D eigenvalue weighted by Crippen LogP contribution is 2.33. The average Bonchev–Trinajstić information content (AvgIpc) is 1.67. The number of alkyl halides is 2. The number of likely N-dealkylation sites (tertiary alicyclic amines) is 2. The number of carbonyl (C=O) groups is 8. The number of aliphatic imine (C=N–C) groups is 1. The number of primary amides is 2. The summed E-state index contributed by atoms with van der Waals surface area (Å²) in [6.45, 7) is -1.53. The molecule has 7 aromatic carbocycles. The zero-order valence-corrected chi connectivity index (χ0v) is 63.7. The third-order valence-corrected chi connectivity index (χ3v) is 16.6. The number of aromatic amines is 1. The number of aromatic carboxylic acids is 1. The van der Waals surface area contributed by atoms with Gasteiger partial charge in [0.15, 0.2) is 23.0 Å². The second kappa shape index (κ2) is 39.9. The Bertz CT molecular complexity index is 5130. The van der Waals surface area contributed by atoms with E-state index in [0.717, 1.165) is 47.1 Å². The number of H-pyrrole nitrogens is 1. The lowest BCUT2D eigenvalue weighted by atomic mass is 10.1. The molecule has 0 radical (unpaired) electrons. The summed E-state index contributed by atoms with van der Waals surface area (Å²) >= 11 is 35.7. The van der Waals surface area contributed by atoms with Gasteiger partial charge in [-0.15, -0.1) is 0 Å². The lowest BCUT2D eigenvalue weighted by molar-refractivity contribution is -0.137. The summed E-state index contributed by atoms with van der Waals surface area (Å²) in [6, 6.07) is 33.8. The van der Waals surface area contributed by atoms with Gasteiger partial charge in [0.25, 0.3) is 17.7 Å². The van der Waals surface area contributed by atoms with E-state index in [1.54, 1.807) is 89.9 Å². The molecule has 558 valence electrons. The third kappa shape index (κ3) is 21.5. The number of amides is 7. The Hall–Kier alpha value is -10.2. The molecule has 0 bridgehead atoms. The first-order chi connectivity index (χ1) is 50.6. The van der Waals surface area contributed by atoms with E-state index in [-0.39, 0.29) is 62.5 Å². The van der Waals surface area contributed by atoms with Crippen LogP contribution >= 0.6 is 64.2 Å². The Kier molecular flexibility index (Phi) is 32.0. The first-order valence-corrected chi connectivity index (χ1v) is 36.3. The lowest BCUT2D eigenvalue weighted by Crippen LogP contribution is -2.44. The van der Waals surface area contributed by atoms with Crippen molar-refractivity contribution in [2.75, 3.05) is 40.5 Å². The summed E-state index contributed by atoms with van der Waals surface area (Å²) in [5, 5.41) is 34.1. The van der Waals surface area contributed by atoms with E-state index in [9.17, 15) is 51.5 Å². The van der Waals surface area contributed by atoms with Gasteiger partial charge in [0, 0.05) is 110 Å². The van der Waals surface area contributed by atoms with Crippen LogP contribution < -0.4 is 44.6 Å². The maximum absolute atomic E-state index is 15.4. The fourth-order valence-corrected chi connectivity index (χ4v) is 11.6. The normalized spacial score (nSPS) is 14.9. The van der Waals surface area contributed by atoms with E-state index in [1.165, 1.54) is 33.6 Å². The summed E-state index contributed by atoms with van der Waals surface area (Å²) in [7, 11) is 0.917. The number of anilines is 5. The number of carbonyl (C=O) groups excluding carboxylic acids is 7. The molecule has 7 amide bonds. The molecule has 13 rings (SSSR count). The number of halogens is 8. The van der Waals surface area contributed by atoms with Crippen molar-refractivity contribution in [3.63, 3.8) is 0 Å². The molecule has 0 unspecified atom stereocenters. The molecule has 15 N–H and O–H groups in total. The second-order valence-corrected chi connectivity index (χ2v) is 25.6. The number of nitriles is 1. The van der Waals surface area contributed by atoms with Crippen molar-refractivity contribution in [2.24, 2.45) is 22.2 Å². The van der Waals surface area contributed by atoms with Crippen LogP contribution in [0, 0.1) is 21.9 Å². The smallest absolute Gasteiger partial charge is 0.338 e. The van der Waals surface area contributed by atoms with Crippen molar-refractivity contribution in [3.05, 3.63) is 194 Å².